The molecule has 2 heteroatoms. The van der Waals surface area contributed by atoms with Crippen LogP contribution in [-0.2, 0) is 9.47 Å². The Morgan fingerprint density at radius 2 is 1.89 bits per heavy atom. The molecule has 0 bridgehead atoms. The monoisotopic (exact) mass is 128 g/mol. The van der Waals surface area contributed by atoms with Gasteiger partial charge >= 0.3 is 0 Å². The van der Waals surface area contributed by atoms with Crippen LogP contribution < -0.4 is 0 Å². The van der Waals surface area contributed by atoms with Gasteiger partial charge in [0.15, 0.2) is 0 Å². The van der Waals surface area contributed by atoms with E-state index in [-0.39, 0.29) is 0 Å². The SMILES string of the molecule is CCC1OC1C1OC1C. The Labute approximate surface area is 55.1 Å². The van der Waals surface area contributed by atoms with Crippen LogP contribution in [0.2, 0.25) is 0 Å². The minimum atomic E-state index is 0.440. The number of hydrogen-bond donors (Lipinski definition) is 0. The van der Waals surface area contributed by atoms with Crippen molar-refractivity contribution in [3.05, 3.63) is 0 Å². The third-order valence-corrected chi connectivity index (χ3v) is 2.11. The summed E-state index contributed by atoms with van der Waals surface area (Å²) in [5.74, 6) is 0. The summed E-state index contributed by atoms with van der Waals surface area (Å²) >= 11 is 0. The fourth-order valence-electron chi connectivity index (χ4n) is 1.32. The van der Waals surface area contributed by atoms with Gasteiger partial charge in [-0.3, -0.25) is 0 Å². The van der Waals surface area contributed by atoms with Gasteiger partial charge in [0.05, 0.1) is 12.2 Å². The van der Waals surface area contributed by atoms with Gasteiger partial charge in [0.1, 0.15) is 12.2 Å². The first-order valence-corrected chi connectivity index (χ1v) is 3.64. The number of rotatable bonds is 2. The third kappa shape index (κ3) is 0.864. The highest BCUT2D eigenvalue weighted by Crippen LogP contribution is 2.39. The molecule has 2 saturated heterocycles. The Kier molecular flexibility index (Phi) is 1.08. The Morgan fingerprint density at radius 1 is 1.22 bits per heavy atom. The highest BCUT2D eigenvalue weighted by molar-refractivity contribution is 5.00. The van der Waals surface area contributed by atoms with E-state index in [2.05, 4.69) is 13.8 Å². The lowest BCUT2D eigenvalue weighted by atomic mass is 10.2. The summed E-state index contributed by atoms with van der Waals surface area (Å²) in [6.07, 6.45) is 3.00. The van der Waals surface area contributed by atoms with Gasteiger partial charge in [0.25, 0.3) is 0 Å². The molecule has 0 saturated carbocycles. The molecular weight excluding hydrogens is 116 g/mol. The summed E-state index contributed by atoms with van der Waals surface area (Å²) in [6.45, 7) is 4.25. The van der Waals surface area contributed by atoms with Gasteiger partial charge in [-0.15, -0.1) is 0 Å². The van der Waals surface area contributed by atoms with Crippen molar-refractivity contribution in [1.82, 2.24) is 0 Å². The molecule has 0 aromatic carbocycles. The Morgan fingerprint density at radius 3 is 2.22 bits per heavy atom. The summed E-state index contributed by atoms with van der Waals surface area (Å²) in [5, 5.41) is 0. The molecule has 0 N–H and O–H groups in total. The average Bonchev–Trinajstić information content (AvgIpc) is 2.61. The Bertz CT molecular complexity index is 124. The molecule has 2 heterocycles. The van der Waals surface area contributed by atoms with Crippen LogP contribution in [0.3, 0.4) is 0 Å². The van der Waals surface area contributed by atoms with Crippen LogP contribution in [0.5, 0.6) is 0 Å². The predicted molar refractivity (Wildman–Crippen MR) is 33.3 cm³/mol. The number of ether oxygens (including phenoxy) is 2. The van der Waals surface area contributed by atoms with Crippen LogP contribution >= 0.6 is 0 Å². The van der Waals surface area contributed by atoms with Crippen LogP contribution in [0.4, 0.5) is 0 Å². The molecule has 0 aromatic heterocycles. The average molecular weight is 128 g/mol. The highest BCUT2D eigenvalue weighted by atomic mass is 16.7. The maximum absolute atomic E-state index is 5.34. The van der Waals surface area contributed by atoms with Crippen molar-refractivity contribution >= 4 is 0 Å². The summed E-state index contributed by atoms with van der Waals surface area (Å²) in [5.41, 5.74) is 0. The van der Waals surface area contributed by atoms with Gasteiger partial charge in [-0.25, -0.2) is 0 Å². The lowest BCUT2D eigenvalue weighted by molar-refractivity contribution is 0.309. The summed E-state index contributed by atoms with van der Waals surface area (Å²) in [4.78, 5) is 0. The zero-order chi connectivity index (χ0) is 6.43. The summed E-state index contributed by atoms with van der Waals surface area (Å²) in [6, 6.07) is 0. The van der Waals surface area contributed by atoms with E-state index in [0.29, 0.717) is 24.4 Å². The fourth-order valence-corrected chi connectivity index (χ4v) is 1.32. The van der Waals surface area contributed by atoms with E-state index in [1.54, 1.807) is 0 Å². The van der Waals surface area contributed by atoms with Gasteiger partial charge in [0.2, 0.25) is 0 Å². The van der Waals surface area contributed by atoms with E-state index in [0.717, 1.165) is 6.42 Å². The van der Waals surface area contributed by atoms with Crippen molar-refractivity contribution in [2.75, 3.05) is 0 Å². The molecule has 0 aromatic rings. The summed E-state index contributed by atoms with van der Waals surface area (Å²) < 4.78 is 10.6. The van der Waals surface area contributed by atoms with Crippen molar-refractivity contribution in [1.29, 1.82) is 0 Å². The van der Waals surface area contributed by atoms with E-state index >= 15 is 0 Å². The smallest absolute Gasteiger partial charge is 0.113 e. The van der Waals surface area contributed by atoms with Crippen molar-refractivity contribution in [2.24, 2.45) is 0 Å². The van der Waals surface area contributed by atoms with Crippen LogP contribution in [0.15, 0.2) is 0 Å². The second kappa shape index (κ2) is 1.70. The molecule has 4 unspecified atom stereocenters. The number of epoxide rings is 2. The van der Waals surface area contributed by atoms with Crippen molar-refractivity contribution in [3.8, 4) is 0 Å². The van der Waals surface area contributed by atoms with Gasteiger partial charge in [-0.2, -0.15) is 0 Å². The quantitative estimate of drug-likeness (QED) is 0.517. The Balaban J connectivity index is 1.79. The minimum Gasteiger partial charge on any atom is -0.367 e. The van der Waals surface area contributed by atoms with E-state index in [4.69, 9.17) is 9.47 Å². The molecule has 0 aliphatic carbocycles. The zero-order valence-corrected chi connectivity index (χ0v) is 5.83. The lowest BCUT2D eigenvalue weighted by Crippen LogP contribution is -2.02. The van der Waals surface area contributed by atoms with Crippen molar-refractivity contribution in [2.45, 2.75) is 44.7 Å². The first kappa shape index (κ1) is 5.69. The molecule has 9 heavy (non-hydrogen) atoms. The normalized spacial score (nSPS) is 55.3. The molecule has 2 rings (SSSR count). The molecule has 4 atom stereocenters. The largest absolute Gasteiger partial charge is 0.367 e. The van der Waals surface area contributed by atoms with Gasteiger partial charge in [0, 0.05) is 0 Å². The van der Waals surface area contributed by atoms with Crippen LogP contribution in [0.1, 0.15) is 20.3 Å². The molecule has 52 valence electrons. The minimum absolute atomic E-state index is 0.440. The predicted octanol–water partition coefficient (Wildman–Crippen LogP) is 0.951. The van der Waals surface area contributed by atoms with E-state index in [1.807, 2.05) is 0 Å². The second-order valence-corrected chi connectivity index (χ2v) is 2.85. The maximum Gasteiger partial charge on any atom is 0.113 e. The van der Waals surface area contributed by atoms with Crippen molar-refractivity contribution in [3.63, 3.8) is 0 Å². The first-order chi connectivity index (χ1) is 4.33. The maximum atomic E-state index is 5.34. The second-order valence-electron chi connectivity index (χ2n) is 2.85. The molecular formula is C7H12O2. The molecule has 2 aliphatic heterocycles. The van der Waals surface area contributed by atoms with E-state index in [1.165, 1.54) is 0 Å². The first-order valence-electron chi connectivity index (χ1n) is 3.64. The molecule has 0 spiro atoms. The highest BCUT2D eigenvalue weighted by Gasteiger charge is 2.54. The van der Waals surface area contributed by atoms with Gasteiger partial charge < -0.3 is 9.47 Å². The molecule has 2 nitrogen and oxygen atoms in total. The van der Waals surface area contributed by atoms with Gasteiger partial charge in [-0.1, -0.05) is 6.92 Å². The van der Waals surface area contributed by atoms with Gasteiger partial charge in [-0.05, 0) is 13.3 Å². The lowest BCUT2D eigenvalue weighted by Gasteiger charge is -1.79. The van der Waals surface area contributed by atoms with Crippen LogP contribution in [-0.4, -0.2) is 24.4 Å². The van der Waals surface area contributed by atoms with Crippen molar-refractivity contribution < 1.29 is 9.47 Å². The van der Waals surface area contributed by atoms with E-state index in [9.17, 15) is 0 Å². The Hall–Kier alpha value is -0.0800. The third-order valence-electron chi connectivity index (χ3n) is 2.11. The van der Waals surface area contributed by atoms with Crippen LogP contribution in [0, 0.1) is 0 Å². The zero-order valence-electron chi connectivity index (χ0n) is 5.83. The molecule has 0 amide bonds. The molecule has 2 fully saturated rings. The fraction of sp³-hybridized carbons (Fsp3) is 1.00. The topological polar surface area (TPSA) is 25.1 Å². The standard InChI is InChI=1S/C7H12O2/c1-3-5-7(9-5)6-4(2)8-6/h4-7H,3H2,1-2H3. The van der Waals surface area contributed by atoms with E-state index < -0.39 is 0 Å². The number of hydrogen-bond acceptors (Lipinski definition) is 2. The summed E-state index contributed by atoms with van der Waals surface area (Å²) in [7, 11) is 0. The molecule has 0 radical (unpaired) electrons. The molecule has 2 aliphatic rings. The van der Waals surface area contributed by atoms with Crippen LogP contribution in [0.25, 0.3) is 0 Å².